The van der Waals surface area contributed by atoms with Crippen LogP contribution in [0.1, 0.15) is 37.4 Å². The van der Waals surface area contributed by atoms with Crippen molar-refractivity contribution in [3.63, 3.8) is 0 Å². The van der Waals surface area contributed by atoms with E-state index in [0.717, 1.165) is 51.4 Å². The second kappa shape index (κ2) is 6.32. The second-order valence-electron chi connectivity index (χ2n) is 5.94. The Kier molecular flexibility index (Phi) is 4.42. The third-order valence-electron chi connectivity index (χ3n) is 4.24. The molecule has 2 aliphatic rings. The first-order valence-electron chi connectivity index (χ1n) is 7.67. The largest absolute Gasteiger partial charge is 0.497 e. The number of rotatable bonds is 3. The van der Waals surface area contributed by atoms with Gasteiger partial charge in [-0.3, -0.25) is 9.58 Å². The number of hydrogen-bond donors (Lipinski definition) is 0. The summed E-state index contributed by atoms with van der Waals surface area (Å²) in [5.41, 5.74) is -0.814. The Labute approximate surface area is 127 Å². The maximum Gasteiger partial charge on any atom is 0.435 e. The van der Waals surface area contributed by atoms with E-state index in [1.54, 1.807) is 6.26 Å². The third-order valence-corrected chi connectivity index (χ3v) is 4.24. The first-order chi connectivity index (χ1) is 10.5. The van der Waals surface area contributed by atoms with E-state index in [2.05, 4.69) is 10.00 Å². The molecule has 1 saturated heterocycles. The van der Waals surface area contributed by atoms with E-state index in [9.17, 15) is 13.2 Å². The topological polar surface area (TPSA) is 30.3 Å². The summed E-state index contributed by atoms with van der Waals surface area (Å²) < 4.78 is 45.0. The van der Waals surface area contributed by atoms with Gasteiger partial charge in [-0.15, -0.1) is 0 Å². The Morgan fingerprint density at radius 3 is 2.86 bits per heavy atom. The Morgan fingerprint density at radius 2 is 2.18 bits per heavy atom. The van der Waals surface area contributed by atoms with Crippen molar-refractivity contribution in [3.8, 4) is 0 Å². The molecule has 0 amide bonds. The molecule has 0 radical (unpaired) electrons. The fraction of sp³-hybridized carbons (Fsp3) is 0.667. The molecule has 0 aliphatic carbocycles. The van der Waals surface area contributed by atoms with Gasteiger partial charge in [-0.1, -0.05) is 0 Å². The summed E-state index contributed by atoms with van der Waals surface area (Å²) in [7, 11) is 0. The van der Waals surface area contributed by atoms with Crippen LogP contribution < -0.4 is 0 Å². The lowest BCUT2D eigenvalue weighted by atomic mass is 10.0. The molecule has 22 heavy (non-hydrogen) atoms. The number of aromatic nitrogens is 2. The maximum atomic E-state index is 12.6. The molecule has 0 spiro atoms. The molecule has 2 atom stereocenters. The summed E-state index contributed by atoms with van der Waals surface area (Å²) in [6.07, 6.45) is 4.87. The van der Waals surface area contributed by atoms with Gasteiger partial charge in [0.25, 0.3) is 0 Å². The van der Waals surface area contributed by atoms with E-state index in [0.29, 0.717) is 0 Å². The Bertz CT molecular complexity index is 526. The van der Waals surface area contributed by atoms with Gasteiger partial charge < -0.3 is 4.74 Å². The summed E-state index contributed by atoms with van der Waals surface area (Å²) in [4.78, 5) is 2.27. The highest BCUT2D eigenvalue weighted by molar-refractivity contribution is 5.04. The van der Waals surface area contributed by atoms with Gasteiger partial charge in [0.1, 0.15) is 6.10 Å². The highest BCUT2D eigenvalue weighted by Crippen LogP contribution is 2.29. The van der Waals surface area contributed by atoms with Crippen molar-refractivity contribution in [2.45, 2.75) is 44.0 Å². The number of hydrogen-bond acceptors (Lipinski definition) is 3. The maximum absolute atomic E-state index is 12.6. The molecule has 0 unspecified atom stereocenters. The number of ether oxygens (including phenoxy) is 1. The van der Waals surface area contributed by atoms with Crippen LogP contribution in [-0.2, 0) is 10.9 Å². The summed E-state index contributed by atoms with van der Waals surface area (Å²) in [5.74, 6) is 0. The lowest BCUT2D eigenvalue weighted by molar-refractivity contribution is -0.141. The van der Waals surface area contributed by atoms with Crippen molar-refractivity contribution in [1.29, 1.82) is 0 Å². The predicted octanol–water partition coefficient (Wildman–Crippen LogP) is 3.23. The standard InChI is InChI=1S/C15H20F3N3O/c16-15(17,18)14-6-8-21(19-14)12-4-3-7-20(10-12)11-13-5-1-2-9-22-13/h2,6,8-9,12-13H,1,3-5,7,10-11H2/t12-,13-/m0/s1. The lowest BCUT2D eigenvalue weighted by Crippen LogP contribution is -2.41. The number of nitrogens with zero attached hydrogens (tertiary/aromatic N) is 3. The highest BCUT2D eigenvalue weighted by Gasteiger charge is 2.34. The van der Waals surface area contributed by atoms with Crippen molar-refractivity contribution in [3.05, 3.63) is 30.3 Å². The lowest BCUT2D eigenvalue weighted by Gasteiger charge is -2.35. The number of halogens is 3. The van der Waals surface area contributed by atoms with Crippen LogP contribution >= 0.6 is 0 Å². The molecule has 0 aromatic carbocycles. The average Bonchev–Trinajstić information content (AvgIpc) is 2.99. The number of piperidine rings is 1. The molecule has 1 fully saturated rings. The van der Waals surface area contributed by atoms with Crippen molar-refractivity contribution >= 4 is 0 Å². The van der Waals surface area contributed by atoms with Crippen LogP contribution in [-0.4, -0.2) is 40.4 Å². The zero-order chi connectivity index (χ0) is 15.6. The van der Waals surface area contributed by atoms with E-state index in [1.165, 1.54) is 10.9 Å². The Hall–Kier alpha value is -1.50. The van der Waals surface area contributed by atoms with E-state index < -0.39 is 11.9 Å². The van der Waals surface area contributed by atoms with Gasteiger partial charge in [0.2, 0.25) is 0 Å². The zero-order valence-electron chi connectivity index (χ0n) is 12.3. The zero-order valence-corrected chi connectivity index (χ0v) is 12.3. The molecule has 0 saturated carbocycles. The van der Waals surface area contributed by atoms with Crippen LogP contribution in [0.25, 0.3) is 0 Å². The molecular formula is C15H20F3N3O. The van der Waals surface area contributed by atoms with Crippen LogP contribution in [0, 0.1) is 0 Å². The van der Waals surface area contributed by atoms with Crippen molar-refractivity contribution in [2.75, 3.05) is 19.6 Å². The average molecular weight is 315 g/mol. The van der Waals surface area contributed by atoms with Gasteiger partial charge >= 0.3 is 6.18 Å². The summed E-state index contributed by atoms with van der Waals surface area (Å²) >= 11 is 0. The third kappa shape index (κ3) is 3.63. The number of allylic oxidation sites excluding steroid dienone is 1. The summed E-state index contributed by atoms with van der Waals surface area (Å²) in [6, 6.07) is 1.05. The number of likely N-dealkylation sites (tertiary alicyclic amines) is 1. The normalized spacial score (nSPS) is 26.9. The van der Waals surface area contributed by atoms with E-state index in [1.807, 2.05) is 6.08 Å². The SMILES string of the molecule is FC(F)(F)c1ccn([C@H]2CCCN(C[C@@H]3CCC=CO3)C2)n1. The Balaban J connectivity index is 1.60. The van der Waals surface area contributed by atoms with Crippen LogP contribution in [0.15, 0.2) is 24.6 Å². The van der Waals surface area contributed by atoms with Crippen LogP contribution in [0.5, 0.6) is 0 Å². The van der Waals surface area contributed by atoms with Crippen molar-refractivity contribution < 1.29 is 17.9 Å². The number of alkyl halides is 3. The molecule has 0 N–H and O–H groups in total. The smallest absolute Gasteiger partial charge is 0.435 e. The summed E-state index contributed by atoms with van der Waals surface area (Å²) in [6.45, 7) is 2.52. The molecule has 122 valence electrons. The van der Waals surface area contributed by atoms with Crippen LogP contribution in [0.4, 0.5) is 13.2 Å². The van der Waals surface area contributed by atoms with Gasteiger partial charge in [0, 0.05) is 19.3 Å². The van der Waals surface area contributed by atoms with E-state index in [-0.39, 0.29) is 12.1 Å². The molecule has 1 aromatic heterocycles. The van der Waals surface area contributed by atoms with E-state index in [4.69, 9.17) is 4.74 Å². The monoisotopic (exact) mass is 315 g/mol. The fourth-order valence-electron chi connectivity index (χ4n) is 3.11. The minimum Gasteiger partial charge on any atom is -0.497 e. The van der Waals surface area contributed by atoms with Crippen molar-refractivity contribution in [2.24, 2.45) is 0 Å². The predicted molar refractivity (Wildman–Crippen MR) is 75.2 cm³/mol. The second-order valence-corrected chi connectivity index (χ2v) is 5.94. The fourth-order valence-corrected chi connectivity index (χ4v) is 3.11. The molecule has 3 heterocycles. The molecular weight excluding hydrogens is 295 g/mol. The first-order valence-corrected chi connectivity index (χ1v) is 7.67. The van der Waals surface area contributed by atoms with Gasteiger partial charge in [-0.25, -0.2) is 0 Å². The van der Waals surface area contributed by atoms with Gasteiger partial charge in [-0.05, 0) is 44.4 Å². The molecule has 3 rings (SSSR count). The van der Waals surface area contributed by atoms with Gasteiger partial charge in [-0.2, -0.15) is 18.3 Å². The minimum atomic E-state index is -4.37. The van der Waals surface area contributed by atoms with Crippen molar-refractivity contribution in [1.82, 2.24) is 14.7 Å². The van der Waals surface area contributed by atoms with Gasteiger partial charge in [0.05, 0.1) is 12.3 Å². The first kappa shape index (κ1) is 15.4. The van der Waals surface area contributed by atoms with Crippen LogP contribution in [0.2, 0.25) is 0 Å². The van der Waals surface area contributed by atoms with Crippen LogP contribution in [0.3, 0.4) is 0 Å². The van der Waals surface area contributed by atoms with Gasteiger partial charge in [0.15, 0.2) is 5.69 Å². The van der Waals surface area contributed by atoms with E-state index >= 15 is 0 Å². The Morgan fingerprint density at radius 1 is 1.32 bits per heavy atom. The molecule has 1 aromatic rings. The molecule has 2 aliphatic heterocycles. The molecule has 4 nitrogen and oxygen atoms in total. The summed E-state index contributed by atoms with van der Waals surface area (Å²) in [5, 5.41) is 3.71. The molecule has 7 heteroatoms. The quantitative estimate of drug-likeness (QED) is 0.858. The minimum absolute atomic E-state index is 0.00369. The highest BCUT2D eigenvalue weighted by atomic mass is 19.4. The molecule has 0 bridgehead atoms.